The van der Waals surface area contributed by atoms with Crippen LogP contribution in [0.2, 0.25) is 0 Å². The average Bonchev–Trinajstić information content (AvgIpc) is 3.90. The summed E-state index contributed by atoms with van der Waals surface area (Å²) in [5.41, 5.74) is 7.85. The summed E-state index contributed by atoms with van der Waals surface area (Å²) < 4.78 is 10.2. The molecule has 0 aliphatic carbocycles. The molecule has 2 atom stereocenters. The van der Waals surface area contributed by atoms with Crippen LogP contribution in [0.3, 0.4) is 0 Å². The summed E-state index contributed by atoms with van der Waals surface area (Å²) in [6, 6.07) is 27.5. The summed E-state index contributed by atoms with van der Waals surface area (Å²) in [5.74, 6) is 0. The molecular weight excluding hydrogens is 718 g/mol. The van der Waals surface area contributed by atoms with Crippen LogP contribution in [-0.4, -0.2) is 70.5 Å². The Morgan fingerprint density at radius 3 is 2.08 bits per heavy atom. The fraction of sp³-hybridized carbons (Fsp3) is 0.135. The van der Waals surface area contributed by atoms with Gasteiger partial charge in [0.15, 0.2) is 11.0 Å². The van der Waals surface area contributed by atoms with Crippen LogP contribution in [-0.2, 0) is 19.1 Å². The number of benzene rings is 4. The number of imidazole rings is 2. The van der Waals surface area contributed by atoms with E-state index in [1.54, 1.807) is 17.5 Å². The molecular formula is C37H32N6O6P2S. The van der Waals surface area contributed by atoms with Crippen LogP contribution in [0, 0.1) is 0 Å². The Bertz CT molecular complexity index is 2490. The van der Waals surface area contributed by atoms with Crippen LogP contribution in [0.5, 0.6) is 0 Å². The van der Waals surface area contributed by atoms with E-state index in [0.717, 1.165) is 64.7 Å². The zero-order chi connectivity index (χ0) is 36.2. The molecule has 3 heterocycles. The fourth-order valence-electron chi connectivity index (χ4n) is 5.65. The number of amides is 2. The van der Waals surface area contributed by atoms with Gasteiger partial charge in [-0.15, -0.1) is 11.3 Å². The van der Waals surface area contributed by atoms with Crippen LogP contribution in [0.1, 0.15) is 6.42 Å². The van der Waals surface area contributed by atoms with Gasteiger partial charge in [-0.2, -0.15) is 0 Å². The molecule has 0 aliphatic rings. The number of H-pyrrole nitrogens is 2. The Balaban J connectivity index is 1.03. The van der Waals surface area contributed by atoms with Crippen molar-refractivity contribution in [1.82, 2.24) is 30.6 Å². The van der Waals surface area contributed by atoms with Gasteiger partial charge in [-0.25, -0.2) is 19.6 Å². The van der Waals surface area contributed by atoms with Gasteiger partial charge in [-0.05, 0) is 74.8 Å². The number of nitrogens with zero attached hydrogens (tertiary/aromatic N) is 2. The Morgan fingerprint density at radius 1 is 0.712 bits per heavy atom. The maximum Gasteiger partial charge on any atom is 0.407 e. The van der Waals surface area contributed by atoms with Crippen molar-refractivity contribution in [3.63, 3.8) is 0 Å². The average molecular weight is 751 g/mol. The number of carbonyl (C=O) groups excluding carboxylic acids is 4. The molecule has 0 radical (unpaired) electrons. The molecule has 7 rings (SSSR count). The van der Waals surface area contributed by atoms with Gasteiger partial charge in [0.05, 0.1) is 48.6 Å². The molecule has 3 aromatic heterocycles. The van der Waals surface area contributed by atoms with Crippen molar-refractivity contribution in [2.45, 2.75) is 6.42 Å². The van der Waals surface area contributed by atoms with Gasteiger partial charge in [0, 0.05) is 34.8 Å². The van der Waals surface area contributed by atoms with E-state index in [-0.39, 0.29) is 47.7 Å². The van der Waals surface area contributed by atoms with E-state index in [0.29, 0.717) is 11.1 Å². The highest BCUT2D eigenvalue weighted by Crippen LogP contribution is 2.36. The lowest BCUT2D eigenvalue weighted by molar-refractivity contribution is -0.111. The Hall–Kier alpha value is -5.48. The zero-order valence-electron chi connectivity index (χ0n) is 28.0. The predicted molar refractivity (Wildman–Crippen MR) is 209 cm³/mol. The lowest BCUT2D eigenvalue weighted by atomic mass is 9.97. The van der Waals surface area contributed by atoms with E-state index >= 15 is 0 Å². The Labute approximate surface area is 304 Å². The van der Waals surface area contributed by atoms with Gasteiger partial charge >= 0.3 is 12.2 Å². The smallest absolute Gasteiger partial charge is 0.407 e. The van der Waals surface area contributed by atoms with Crippen molar-refractivity contribution in [2.75, 3.05) is 27.3 Å². The van der Waals surface area contributed by atoms with Gasteiger partial charge in [-0.3, -0.25) is 9.59 Å². The lowest BCUT2D eigenvalue weighted by Crippen LogP contribution is -2.28. The molecule has 262 valence electrons. The third-order valence-corrected chi connectivity index (χ3v) is 11.3. The first-order chi connectivity index (χ1) is 25.2. The normalized spacial score (nSPS) is 11.7. The van der Waals surface area contributed by atoms with Crippen LogP contribution in [0.15, 0.2) is 85.1 Å². The predicted octanol–water partition coefficient (Wildman–Crippen LogP) is 6.42. The van der Waals surface area contributed by atoms with E-state index in [1.165, 1.54) is 14.2 Å². The summed E-state index contributed by atoms with van der Waals surface area (Å²) in [4.78, 5) is 63.6. The first-order valence-electron chi connectivity index (χ1n) is 16.1. The second-order valence-corrected chi connectivity index (χ2v) is 15.4. The van der Waals surface area contributed by atoms with Crippen LogP contribution < -0.4 is 21.8 Å². The minimum atomic E-state index is -0.644. The minimum Gasteiger partial charge on any atom is -0.453 e. The highest BCUT2D eigenvalue weighted by Gasteiger charge is 2.14. The second kappa shape index (κ2) is 15.4. The van der Waals surface area contributed by atoms with Crippen molar-refractivity contribution in [1.29, 1.82) is 0 Å². The zero-order valence-corrected chi connectivity index (χ0v) is 30.8. The third kappa shape index (κ3) is 8.02. The number of hydrogen-bond acceptors (Lipinski definition) is 9. The van der Waals surface area contributed by atoms with Crippen molar-refractivity contribution in [3.8, 4) is 32.8 Å². The minimum absolute atomic E-state index is 0.00648. The van der Waals surface area contributed by atoms with E-state index in [1.807, 2.05) is 12.1 Å². The van der Waals surface area contributed by atoms with Gasteiger partial charge in [0.2, 0.25) is 0 Å². The van der Waals surface area contributed by atoms with Crippen LogP contribution in [0.25, 0.3) is 64.7 Å². The van der Waals surface area contributed by atoms with Crippen LogP contribution in [0.4, 0.5) is 9.59 Å². The highest BCUT2D eigenvalue weighted by atomic mass is 32.1. The monoisotopic (exact) mass is 750 g/mol. The van der Waals surface area contributed by atoms with Crippen molar-refractivity contribution in [2.24, 2.45) is 0 Å². The molecule has 12 nitrogen and oxygen atoms in total. The second-order valence-electron chi connectivity index (χ2n) is 11.7. The number of hydrogen-bond donors (Lipinski definition) is 4. The number of methoxy groups -OCH3 is 2. The highest BCUT2D eigenvalue weighted by molar-refractivity contribution is 7.65. The Kier molecular flexibility index (Phi) is 10.4. The standard InChI is InChI=1S/C37H32N6O6P2S/c1-48-36(46)38-12-11-32(44)50-35-41-27-10-9-24(15-28(27)42-35)22-5-3-21-14-23(6-4-20(21)13-22)25-7-8-26-17-31(52-30(26)16-25)29-18-39-34(43-29)51-33(45)19-40-37(47)49-2/h3-10,13-18,50-51H,11-12,19H2,1-2H3,(H,38,46)(H,39,43)(H,40,47)(H,41,42). The first-order valence-corrected chi connectivity index (χ1v) is 18.9. The quantitative estimate of drug-likeness (QED) is 0.104. The summed E-state index contributed by atoms with van der Waals surface area (Å²) in [6.45, 7) is 0.110. The van der Waals surface area contributed by atoms with E-state index in [4.69, 9.17) is 0 Å². The number of aromatic amines is 2. The molecule has 0 spiro atoms. The number of nitrogens with one attached hydrogen (secondary N) is 4. The summed E-state index contributed by atoms with van der Waals surface area (Å²) in [5, 5.41) is 8.28. The van der Waals surface area contributed by atoms with Crippen molar-refractivity contribution in [3.05, 3.63) is 85.1 Å². The molecule has 4 N–H and O–H groups in total. The number of carbonyl (C=O) groups is 4. The topological polar surface area (TPSA) is 168 Å². The van der Waals surface area contributed by atoms with Gasteiger partial charge in [0.25, 0.3) is 0 Å². The SMILES string of the molecule is COC(=O)NCCC(=O)Pc1nc2ccc(-c3ccc4cc(-c5ccc6cc(-c7cnc(PC(=O)CNC(=O)OC)[nH]7)sc6c5)ccc4c3)cc2[nH]1. The molecule has 2 unspecified atom stereocenters. The first kappa shape index (κ1) is 34.9. The maximum atomic E-state index is 12.4. The molecule has 2 amide bonds. The van der Waals surface area contributed by atoms with Gasteiger partial charge in [0.1, 0.15) is 11.1 Å². The molecule has 0 bridgehead atoms. The van der Waals surface area contributed by atoms with Gasteiger partial charge < -0.3 is 30.1 Å². The third-order valence-electron chi connectivity index (χ3n) is 8.25. The van der Waals surface area contributed by atoms with E-state index in [9.17, 15) is 19.2 Å². The molecule has 15 heteroatoms. The molecule has 7 aromatic rings. The summed E-state index contributed by atoms with van der Waals surface area (Å²) in [6.07, 6.45) is 0.738. The number of alkyl carbamates (subject to hydrolysis) is 2. The van der Waals surface area contributed by atoms with E-state index < -0.39 is 12.2 Å². The molecule has 0 saturated heterocycles. The largest absolute Gasteiger partial charge is 0.453 e. The molecule has 52 heavy (non-hydrogen) atoms. The van der Waals surface area contributed by atoms with Gasteiger partial charge in [-0.1, -0.05) is 42.5 Å². The fourth-order valence-corrected chi connectivity index (χ4v) is 8.37. The number of ether oxygens (including phenoxy) is 2. The summed E-state index contributed by atoms with van der Waals surface area (Å²) >= 11 is 1.65. The summed E-state index contributed by atoms with van der Waals surface area (Å²) in [7, 11) is 2.20. The maximum absolute atomic E-state index is 12.4. The van der Waals surface area contributed by atoms with Crippen LogP contribution >= 0.6 is 28.5 Å². The van der Waals surface area contributed by atoms with E-state index in [2.05, 4.69) is 107 Å². The molecule has 0 aliphatic heterocycles. The number of fused-ring (bicyclic) bond motifs is 3. The van der Waals surface area contributed by atoms with Crippen molar-refractivity contribution >= 4 is 94.8 Å². The number of thiophene rings is 1. The molecule has 0 fully saturated rings. The van der Waals surface area contributed by atoms with Crippen molar-refractivity contribution < 1.29 is 28.7 Å². The molecule has 4 aromatic carbocycles. The lowest BCUT2D eigenvalue weighted by Gasteiger charge is -2.08. The number of rotatable bonds is 12. The Morgan fingerprint density at radius 2 is 1.35 bits per heavy atom. The number of aromatic nitrogens is 4. The molecule has 0 saturated carbocycles.